The lowest BCUT2D eigenvalue weighted by Crippen LogP contribution is -1.98. The Morgan fingerprint density at radius 2 is 1.22 bits per heavy atom. The highest BCUT2D eigenvalue weighted by Gasteiger charge is 2.23. The highest BCUT2D eigenvalue weighted by molar-refractivity contribution is 6.18. The molecule has 0 saturated carbocycles. The highest BCUT2D eigenvalue weighted by Crippen LogP contribution is 2.42. The van der Waals surface area contributed by atoms with Crippen molar-refractivity contribution in [3.05, 3.63) is 193 Å². The molecule has 4 nitrogen and oxygen atoms in total. The third-order valence-electron chi connectivity index (χ3n) is 11.2. The van der Waals surface area contributed by atoms with Gasteiger partial charge in [0.2, 0.25) is 0 Å². The van der Waals surface area contributed by atoms with E-state index in [1.807, 2.05) is 0 Å². The summed E-state index contributed by atoms with van der Waals surface area (Å²) in [5, 5.41) is 6.08. The fourth-order valence-corrected chi connectivity index (χ4v) is 8.70. The lowest BCUT2D eigenvalue weighted by molar-refractivity contribution is 1.11. The normalized spacial score (nSPS) is 12.2. The number of pyridine rings is 1. The van der Waals surface area contributed by atoms with Crippen molar-refractivity contribution >= 4 is 71.8 Å². The summed E-state index contributed by atoms with van der Waals surface area (Å²) in [6.45, 7) is 6.84. The zero-order valence-corrected chi connectivity index (χ0v) is 29.7. The number of hydrogen-bond donors (Lipinski definition) is 0. The van der Waals surface area contributed by atoms with Crippen molar-refractivity contribution in [3.63, 3.8) is 0 Å². The van der Waals surface area contributed by atoms with Crippen LogP contribution in [0.15, 0.2) is 176 Å². The first-order chi connectivity index (χ1) is 26.7. The van der Waals surface area contributed by atoms with Gasteiger partial charge in [0, 0.05) is 43.9 Å². The average molecular weight is 691 g/mol. The predicted octanol–water partition coefficient (Wildman–Crippen LogP) is 12.8. The number of imidazole rings is 1. The van der Waals surface area contributed by atoms with E-state index in [0.717, 1.165) is 56.1 Å². The van der Waals surface area contributed by atoms with Crippen molar-refractivity contribution in [1.29, 1.82) is 0 Å². The molecule has 0 N–H and O–H groups in total. The number of nitrogens with zero attached hydrogens (tertiary/aromatic N) is 4. The Bertz CT molecular complexity index is 3280. The lowest BCUT2D eigenvalue weighted by atomic mass is 10.0. The third-order valence-corrected chi connectivity index (χ3v) is 11.2. The summed E-state index contributed by atoms with van der Waals surface area (Å²) in [7, 11) is 0. The summed E-state index contributed by atoms with van der Waals surface area (Å²) in [6, 6.07) is 58.4. The summed E-state index contributed by atoms with van der Waals surface area (Å²) in [4.78, 5) is 5.20. The smallest absolute Gasteiger partial charge is 0.138 e. The van der Waals surface area contributed by atoms with Gasteiger partial charge in [-0.1, -0.05) is 122 Å². The molecule has 0 radical (unpaired) electrons. The van der Waals surface area contributed by atoms with Gasteiger partial charge in [-0.15, -0.1) is 0 Å². The van der Waals surface area contributed by atoms with Crippen molar-refractivity contribution in [3.8, 4) is 22.6 Å². The molecule has 4 heteroatoms. The molecule has 0 amide bonds. The molecule has 0 fully saturated rings. The minimum absolute atomic E-state index is 0.956. The van der Waals surface area contributed by atoms with Gasteiger partial charge in [-0.2, -0.15) is 0 Å². The van der Waals surface area contributed by atoms with Gasteiger partial charge >= 0.3 is 0 Å². The van der Waals surface area contributed by atoms with E-state index in [4.69, 9.17) is 4.98 Å². The van der Waals surface area contributed by atoms with Crippen LogP contribution in [0.3, 0.4) is 0 Å². The Balaban J connectivity index is 1.10. The molecule has 11 aromatic rings. The van der Waals surface area contributed by atoms with Crippen LogP contribution in [0.25, 0.3) is 94.4 Å². The highest BCUT2D eigenvalue weighted by atomic mass is 15.0. The third kappa shape index (κ3) is 4.34. The largest absolute Gasteiger partial charge is 0.309 e. The van der Waals surface area contributed by atoms with Crippen LogP contribution in [0.2, 0.25) is 0 Å². The Kier molecular flexibility index (Phi) is 6.58. The molecule has 6 aromatic carbocycles. The van der Waals surface area contributed by atoms with E-state index in [0.29, 0.717) is 0 Å². The molecule has 0 saturated heterocycles. The first-order valence-corrected chi connectivity index (χ1v) is 18.4. The summed E-state index contributed by atoms with van der Waals surface area (Å²) < 4.78 is 7.12. The van der Waals surface area contributed by atoms with Gasteiger partial charge in [-0.25, -0.2) is 4.98 Å². The first kappa shape index (κ1) is 30.5. The number of allylic oxidation sites excluding steroid dienone is 2. The molecule has 0 aliphatic heterocycles. The minimum atomic E-state index is 0.956. The molecule has 0 spiro atoms. The average Bonchev–Trinajstić information content (AvgIpc) is 3.96. The molecule has 0 bridgehead atoms. The Morgan fingerprint density at radius 1 is 0.574 bits per heavy atom. The van der Waals surface area contributed by atoms with Crippen molar-refractivity contribution in [2.24, 2.45) is 0 Å². The number of fused-ring (bicyclic) bond motifs is 7. The number of para-hydroxylation sites is 3. The molecule has 254 valence electrons. The summed E-state index contributed by atoms with van der Waals surface area (Å²) in [6.07, 6.45) is 4.43. The standard InChI is InChI=1S/C50H34N4/c1-32(35-28-30-45-40(31-35)38-20-10-12-23-43(38)52(45)36-17-7-4-8-18-36)27-29-41-33(2)37-19-9-11-22-42(37)53(41)46-25-13-21-39-44-24-14-26-47-51-49(34-15-5-3-6-16-34)50(48(39)46)54(44)47/h3-31H,1H2,2H3/b29-27-. The Morgan fingerprint density at radius 3 is 2.04 bits per heavy atom. The summed E-state index contributed by atoms with van der Waals surface area (Å²) in [5.41, 5.74) is 15.6. The van der Waals surface area contributed by atoms with Crippen molar-refractivity contribution in [2.45, 2.75) is 6.92 Å². The topological polar surface area (TPSA) is 27.2 Å². The van der Waals surface area contributed by atoms with Crippen LogP contribution in [0.5, 0.6) is 0 Å². The second-order valence-corrected chi connectivity index (χ2v) is 14.1. The van der Waals surface area contributed by atoms with Gasteiger partial charge in [0.25, 0.3) is 0 Å². The van der Waals surface area contributed by atoms with Crippen LogP contribution in [0.1, 0.15) is 16.8 Å². The second kappa shape index (κ2) is 11.7. The molecule has 0 unspecified atom stereocenters. The maximum absolute atomic E-state index is 5.20. The van der Waals surface area contributed by atoms with E-state index in [-0.39, 0.29) is 0 Å². The van der Waals surface area contributed by atoms with E-state index in [9.17, 15) is 0 Å². The zero-order chi connectivity index (χ0) is 35.9. The number of aryl methyl sites for hydroxylation is 1. The quantitative estimate of drug-likeness (QED) is 0.160. The molecule has 0 aliphatic rings. The molecule has 5 aromatic heterocycles. The van der Waals surface area contributed by atoms with Crippen LogP contribution >= 0.6 is 0 Å². The maximum atomic E-state index is 5.20. The molecule has 11 rings (SSSR count). The fraction of sp³-hybridized carbons (Fsp3) is 0.0200. The van der Waals surface area contributed by atoms with E-state index in [1.165, 1.54) is 49.0 Å². The Hall–Kier alpha value is -7.17. The van der Waals surface area contributed by atoms with Gasteiger partial charge in [-0.05, 0) is 84.3 Å². The molecule has 5 heterocycles. The van der Waals surface area contributed by atoms with Crippen LogP contribution in [0.4, 0.5) is 0 Å². The molecular weight excluding hydrogens is 657 g/mol. The monoisotopic (exact) mass is 690 g/mol. The SMILES string of the molecule is C=C(/C=C\c1c(C)c2ccccc2n1-c1cccc2c1c1c(-c3ccccc3)nc3cccc2n31)c1ccc2c(c1)c1ccccc1n2-c1ccccc1. The molecule has 0 atom stereocenters. The minimum Gasteiger partial charge on any atom is -0.309 e. The first-order valence-electron chi connectivity index (χ1n) is 18.4. The fourth-order valence-electron chi connectivity index (χ4n) is 8.70. The molecular formula is C50H34N4. The van der Waals surface area contributed by atoms with Crippen LogP contribution < -0.4 is 0 Å². The van der Waals surface area contributed by atoms with E-state index >= 15 is 0 Å². The maximum Gasteiger partial charge on any atom is 0.138 e. The zero-order valence-electron chi connectivity index (χ0n) is 29.7. The lowest BCUT2D eigenvalue weighted by Gasteiger charge is -2.12. The van der Waals surface area contributed by atoms with Gasteiger partial charge in [0.05, 0.1) is 39.0 Å². The van der Waals surface area contributed by atoms with Crippen molar-refractivity contribution in [2.75, 3.05) is 0 Å². The van der Waals surface area contributed by atoms with E-state index in [2.05, 4.69) is 203 Å². The molecule has 54 heavy (non-hydrogen) atoms. The summed E-state index contributed by atoms with van der Waals surface area (Å²) in [5.74, 6) is 0. The van der Waals surface area contributed by atoms with E-state index < -0.39 is 0 Å². The summed E-state index contributed by atoms with van der Waals surface area (Å²) >= 11 is 0. The van der Waals surface area contributed by atoms with Gasteiger partial charge in [0.1, 0.15) is 5.65 Å². The van der Waals surface area contributed by atoms with Gasteiger partial charge in [-0.3, -0.25) is 4.40 Å². The number of hydrogen-bond acceptors (Lipinski definition) is 1. The second-order valence-electron chi connectivity index (χ2n) is 14.1. The molecule has 0 aliphatic carbocycles. The van der Waals surface area contributed by atoms with E-state index in [1.54, 1.807) is 0 Å². The Labute approximate surface area is 312 Å². The van der Waals surface area contributed by atoms with Crippen molar-refractivity contribution in [1.82, 2.24) is 18.5 Å². The number of rotatable bonds is 6. The number of benzene rings is 6. The van der Waals surface area contributed by atoms with Crippen LogP contribution in [-0.2, 0) is 0 Å². The number of aromatic nitrogens is 4. The van der Waals surface area contributed by atoms with Gasteiger partial charge in [0.15, 0.2) is 0 Å². The van der Waals surface area contributed by atoms with Gasteiger partial charge < -0.3 is 9.13 Å². The van der Waals surface area contributed by atoms with Crippen molar-refractivity contribution < 1.29 is 0 Å². The van der Waals surface area contributed by atoms with Crippen LogP contribution in [0, 0.1) is 6.92 Å². The predicted molar refractivity (Wildman–Crippen MR) is 227 cm³/mol. The van der Waals surface area contributed by atoms with Crippen LogP contribution in [-0.4, -0.2) is 18.5 Å².